The molecule has 1 aliphatic heterocycles. The highest BCUT2D eigenvalue weighted by molar-refractivity contribution is 14.1. The normalized spacial score (nSPS) is 14.2. The second-order valence-electron chi connectivity index (χ2n) is 11.4. The Morgan fingerprint density at radius 3 is 2.28 bits per heavy atom. The molecule has 0 saturated carbocycles. The lowest BCUT2D eigenvalue weighted by Crippen LogP contribution is -2.42. The fourth-order valence-electron chi connectivity index (χ4n) is 5.31. The zero-order valence-corrected chi connectivity index (χ0v) is 33.2. The van der Waals surface area contributed by atoms with Crippen molar-refractivity contribution in [3.63, 3.8) is 0 Å². The number of amides is 3. The molecule has 0 spiro atoms. The third-order valence-electron chi connectivity index (χ3n) is 7.84. The summed E-state index contributed by atoms with van der Waals surface area (Å²) in [5.41, 5.74) is 3.44. The average Bonchev–Trinajstić information content (AvgIpc) is 3.17. The van der Waals surface area contributed by atoms with Crippen molar-refractivity contribution in [2.24, 2.45) is 4.99 Å². The summed E-state index contributed by atoms with van der Waals surface area (Å²) in [5.74, 6) is -0.871. The van der Waals surface area contributed by atoms with E-state index < -0.39 is 17.9 Å². The van der Waals surface area contributed by atoms with E-state index in [1.54, 1.807) is 55.5 Å². The topological polar surface area (TPSA) is 97.3 Å². The van der Waals surface area contributed by atoms with Gasteiger partial charge in [-0.25, -0.2) is 0 Å². The molecule has 0 aromatic heterocycles. The van der Waals surface area contributed by atoms with Crippen molar-refractivity contribution in [1.29, 1.82) is 0 Å². The van der Waals surface area contributed by atoms with Gasteiger partial charge in [-0.1, -0.05) is 127 Å². The van der Waals surface area contributed by atoms with Crippen LogP contribution in [0.15, 0.2) is 138 Å². The lowest BCUT2D eigenvalue weighted by molar-refractivity contribution is -0.126. The van der Waals surface area contributed by atoms with Crippen LogP contribution in [0, 0.1) is 3.57 Å². The highest BCUT2D eigenvalue weighted by Crippen LogP contribution is 2.36. The Balaban J connectivity index is 1.41. The molecule has 4 aromatic rings. The average molecular weight is 879 g/mol. The van der Waals surface area contributed by atoms with Gasteiger partial charge in [0.05, 0.1) is 32.5 Å². The van der Waals surface area contributed by atoms with Gasteiger partial charge in [-0.15, -0.1) is 0 Å². The van der Waals surface area contributed by atoms with Crippen molar-refractivity contribution in [2.45, 2.75) is 19.6 Å². The van der Waals surface area contributed by atoms with Crippen molar-refractivity contribution >= 4 is 86.5 Å². The number of allylic oxidation sites excluding steroid dienone is 4. The quantitative estimate of drug-likeness (QED) is 0.0623. The number of rotatable bonds is 13. The van der Waals surface area contributed by atoms with E-state index in [0.29, 0.717) is 36.4 Å². The van der Waals surface area contributed by atoms with Crippen molar-refractivity contribution in [2.75, 3.05) is 12.9 Å². The molecule has 0 unspecified atom stereocenters. The van der Waals surface area contributed by atoms with Gasteiger partial charge >= 0.3 is 0 Å². The van der Waals surface area contributed by atoms with Crippen molar-refractivity contribution in [1.82, 2.24) is 10.2 Å². The first kappa shape index (κ1) is 39.6. The van der Waals surface area contributed by atoms with Gasteiger partial charge in [0.15, 0.2) is 16.7 Å². The molecule has 0 aliphatic carbocycles. The Kier molecular flexibility index (Phi) is 14.1. The van der Waals surface area contributed by atoms with E-state index in [1.165, 1.54) is 18.1 Å². The monoisotopic (exact) mass is 877 g/mol. The van der Waals surface area contributed by atoms with Gasteiger partial charge in [-0.05, 0) is 88.2 Å². The Hall–Kier alpha value is -4.62. The fraction of sp³-hybridized carbons (Fsp3) is 0.122. The standard InChI is InChI=1S/C41H34Cl2IN3O5S/c1-4-6-17-30(5-2)47-40(50)31(20-27-22-34(44)38(35(23-27)51-3)52-24-26-18-19-32(42)33(43)21-26)39(49)46-41(47)53-25-36(48)45-37(28-13-9-7-10-14-28)29-15-11-8-12-16-29/h4-23,37H,1,24-25H2,2-3H3,(H,45,48)/b17-6-,30-5+,31-20+. The van der Waals surface area contributed by atoms with Gasteiger partial charge in [-0.3, -0.25) is 19.3 Å². The zero-order valence-electron chi connectivity index (χ0n) is 28.7. The molecule has 0 radical (unpaired) electrons. The van der Waals surface area contributed by atoms with Crippen LogP contribution in [0.2, 0.25) is 10.0 Å². The predicted molar refractivity (Wildman–Crippen MR) is 222 cm³/mol. The van der Waals surface area contributed by atoms with E-state index in [-0.39, 0.29) is 29.0 Å². The summed E-state index contributed by atoms with van der Waals surface area (Å²) in [4.78, 5) is 46.8. The molecule has 8 nitrogen and oxygen atoms in total. The molecule has 12 heteroatoms. The van der Waals surface area contributed by atoms with Gasteiger partial charge in [0.1, 0.15) is 12.2 Å². The minimum absolute atomic E-state index is 0.0725. The van der Waals surface area contributed by atoms with Gasteiger partial charge in [0, 0.05) is 5.70 Å². The van der Waals surface area contributed by atoms with E-state index in [1.807, 2.05) is 66.7 Å². The molecule has 270 valence electrons. The summed E-state index contributed by atoms with van der Waals surface area (Å²) in [6, 6.07) is 27.6. The first-order chi connectivity index (χ1) is 25.6. The van der Waals surface area contributed by atoms with Crippen LogP contribution in [0.1, 0.15) is 35.2 Å². The van der Waals surface area contributed by atoms with Gasteiger partial charge in [0.25, 0.3) is 11.8 Å². The molecular formula is C41H34Cl2IN3O5S. The molecule has 1 heterocycles. The maximum atomic E-state index is 14.2. The summed E-state index contributed by atoms with van der Waals surface area (Å²) in [6.07, 6.45) is 8.11. The number of nitrogens with one attached hydrogen (secondary N) is 1. The van der Waals surface area contributed by atoms with Gasteiger partial charge in [0.2, 0.25) is 5.91 Å². The SMILES string of the molecule is C=C/C=C\C(=C/C)N1C(=O)/C(=C/c2cc(I)c(OCc3ccc(Cl)c(Cl)c3)c(OC)c2)C(=O)N=C1SCC(=O)NC(c1ccccc1)c1ccccc1. The summed E-state index contributed by atoms with van der Waals surface area (Å²) >= 11 is 15.3. The van der Waals surface area contributed by atoms with E-state index in [9.17, 15) is 14.4 Å². The molecule has 0 saturated heterocycles. The predicted octanol–water partition coefficient (Wildman–Crippen LogP) is 9.58. The fourth-order valence-corrected chi connectivity index (χ4v) is 7.22. The molecule has 5 rings (SSSR count). The summed E-state index contributed by atoms with van der Waals surface area (Å²) in [5, 5.41) is 4.03. The number of hydrogen-bond donors (Lipinski definition) is 1. The minimum Gasteiger partial charge on any atom is -0.493 e. The van der Waals surface area contributed by atoms with Crippen molar-refractivity contribution < 1.29 is 23.9 Å². The van der Waals surface area contributed by atoms with Gasteiger partial charge < -0.3 is 14.8 Å². The van der Waals surface area contributed by atoms with Crippen LogP contribution in [0.4, 0.5) is 0 Å². The number of benzene rings is 4. The number of carbonyl (C=O) groups is 3. The van der Waals surface area contributed by atoms with Crippen LogP contribution < -0.4 is 14.8 Å². The molecular weight excluding hydrogens is 844 g/mol. The molecule has 1 aliphatic rings. The van der Waals surface area contributed by atoms with E-state index in [4.69, 9.17) is 32.7 Å². The maximum absolute atomic E-state index is 14.2. The van der Waals surface area contributed by atoms with Crippen LogP contribution in [0.5, 0.6) is 11.5 Å². The first-order valence-corrected chi connectivity index (χ1v) is 19.1. The number of aliphatic imine (C=N–C) groups is 1. The van der Waals surface area contributed by atoms with Crippen molar-refractivity contribution in [3.05, 3.63) is 169 Å². The minimum atomic E-state index is -0.738. The molecule has 53 heavy (non-hydrogen) atoms. The van der Waals surface area contributed by atoms with Crippen LogP contribution in [0.25, 0.3) is 6.08 Å². The number of carbonyl (C=O) groups excluding carboxylic acids is 3. The van der Waals surface area contributed by atoms with Gasteiger partial charge in [-0.2, -0.15) is 4.99 Å². The molecule has 0 fully saturated rings. The Labute approximate surface area is 336 Å². The lowest BCUT2D eigenvalue weighted by atomic mass is 9.99. The summed E-state index contributed by atoms with van der Waals surface area (Å²) in [6.45, 7) is 5.70. The number of nitrogens with zero attached hydrogens (tertiary/aromatic N) is 2. The smallest absolute Gasteiger partial charge is 0.285 e. The van der Waals surface area contributed by atoms with Crippen LogP contribution >= 0.6 is 57.6 Å². The molecule has 3 amide bonds. The second-order valence-corrected chi connectivity index (χ2v) is 14.3. The highest BCUT2D eigenvalue weighted by Gasteiger charge is 2.35. The Bertz CT molecular complexity index is 2100. The number of thioether (sulfide) groups is 1. The molecule has 0 bridgehead atoms. The Morgan fingerprint density at radius 2 is 1.68 bits per heavy atom. The number of halogens is 3. The zero-order chi connectivity index (χ0) is 37.9. The van der Waals surface area contributed by atoms with Crippen LogP contribution in [-0.2, 0) is 21.0 Å². The molecule has 0 atom stereocenters. The van der Waals surface area contributed by atoms with E-state index in [0.717, 1.165) is 28.5 Å². The number of ether oxygens (including phenoxy) is 2. The van der Waals surface area contributed by atoms with E-state index >= 15 is 0 Å². The second kappa shape index (κ2) is 18.9. The van der Waals surface area contributed by atoms with E-state index in [2.05, 4.69) is 39.5 Å². The van der Waals surface area contributed by atoms with Crippen LogP contribution in [-0.4, -0.2) is 40.7 Å². The Morgan fingerprint density at radius 1 is 1.00 bits per heavy atom. The first-order valence-electron chi connectivity index (χ1n) is 16.2. The maximum Gasteiger partial charge on any atom is 0.285 e. The number of amidine groups is 1. The third-order valence-corrected chi connectivity index (χ3v) is 10.3. The number of methoxy groups -OCH3 is 1. The molecule has 1 N–H and O–H groups in total. The highest BCUT2D eigenvalue weighted by atomic mass is 127. The lowest BCUT2D eigenvalue weighted by Gasteiger charge is -2.28. The van der Waals surface area contributed by atoms with Crippen molar-refractivity contribution in [3.8, 4) is 11.5 Å². The summed E-state index contributed by atoms with van der Waals surface area (Å²) < 4.78 is 12.4. The third kappa shape index (κ3) is 10.1. The molecule has 4 aromatic carbocycles. The largest absolute Gasteiger partial charge is 0.493 e. The summed E-state index contributed by atoms with van der Waals surface area (Å²) in [7, 11) is 1.50. The van der Waals surface area contributed by atoms with Crippen LogP contribution in [0.3, 0.4) is 0 Å². The number of hydrogen-bond acceptors (Lipinski definition) is 6.